The van der Waals surface area contributed by atoms with E-state index in [1.165, 1.54) is 0 Å². The van der Waals surface area contributed by atoms with Crippen LogP contribution in [0.4, 0.5) is 0 Å². The minimum absolute atomic E-state index is 0.403. The van der Waals surface area contributed by atoms with Gasteiger partial charge in [0.1, 0.15) is 0 Å². The summed E-state index contributed by atoms with van der Waals surface area (Å²) < 4.78 is 4.85. The van der Waals surface area contributed by atoms with Gasteiger partial charge in [0.05, 0.1) is 7.11 Å². The van der Waals surface area contributed by atoms with E-state index in [2.05, 4.69) is 11.6 Å². The van der Waals surface area contributed by atoms with Crippen LogP contribution in [0.2, 0.25) is 5.15 Å². The van der Waals surface area contributed by atoms with Crippen LogP contribution < -0.4 is 4.74 Å². The molecule has 4 heteroatoms. The van der Waals surface area contributed by atoms with Crippen LogP contribution in [0.3, 0.4) is 0 Å². The molecule has 0 unspecified atom stereocenters. The lowest BCUT2D eigenvalue weighted by molar-refractivity contribution is 0.413. The Morgan fingerprint density at radius 3 is 2.64 bits per heavy atom. The third kappa shape index (κ3) is 2.87. The third-order valence-corrected chi connectivity index (χ3v) is 1.23. The molecule has 3 nitrogen and oxygen atoms in total. The maximum Gasteiger partial charge on any atom is 0.171 e. The van der Waals surface area contributed by atoms with Crippen molar-refractivity contribution < 1.29 is 4.74 Å². The molecule has 0 saturated heterocycles. The molecule has 0 N–H and O–H groups in total. The molecule has 0 aliphatic rings. The number of ether oxygens (including phenoxy) is 1. The van der Waals surface area contributed by atoms with Crippen molar-refractivity contribution in [2.45, 2.75) is 0 Å². The third-order valence-electron chi connectivity index (χ3n) is 0.945. The van der Waals surface area contributed by atoms with Crippen LogP contribution in [0.15, 0.2) is 18.3 Å². The highest BCUT2D eigenvalue weighted by Crippen LogP contribution is 2.18. The van der Waals surface area contributed by atoms with Gasteiger partial charge in [-0.05, 0) is 12.1 Å². The van der Waals surface area contributed by atoms with E-state index in [1.807, 2.05) is 0 Å². The maximum absolute atomic E-state index is 6.50. The summed E-state index contributed by atoms with van der Waals surface area (Å²) in [4.78, 5) is 3.79. The lowest BCUT2D eigenvalue weighted by Crippen LogP contribution is -1.84. The standard InChI is InChI=1S/C6H6ClNO.CHN/c1-9-5-3-2-4-8-6(5)7;1-2/h2-4H,1H3;1H. The first-order chi connectivity index (χ1) is 5.34. The number of aromatic nitrogens is 1. The van der Waals surface area contributed by atoms with E-state index in [0.29, 0.717) is 10.9 Å². The predicted octanol–water partition coefficient (Wildman–Crippen LogP) is 1.88. The van der Waals surface area contributed by atoms with E-state index in [-0.39, 0.29) is 0 Å². The number of halogens is 1. The summed E-state index contributed by atoms with van der Waals surface area (Å²) in [5.41, 5.74) is 0. The molecule has 0 aromatic carbocycles. The van der Waals surface area contributed by atoms with Gasteiger partial charge in [-0.3, -0.25) is 0 Å². The molecular formula is C7H7ClN2O. The van der Waals surface area contributed by atoms with Gasteiger partial charge in [0.2, 0.25) is 0 Å². The van der Waals surface area contributed by atoms with Crippen molar-refractivity contribution >= 4 is 11.6 Å². The summed E-state index contributed by atoms with van der Waals surface area (Å²) >= 11 is 5.59. The number of rotatable bonds is 1. The predicted molar refractivity (Wildman–Crippen MR) is 42.5 cm³/mol. The first-order valence-corrected chi connectivity index (χ1v) is 3.12. The van der Waals surface area contributed by atoms with Gasteiger partial charge in [0.15, 0.2) is 10.9 Å². The summed E-state index contributed by atoms with van der Waals surface area (Å²) in [6.07, 6.45) is 1.62. The zero-order chi connectivity index (χ0) is 8.69. The monoisotopic (exact) mass is 170 g/mol. The highest BCUT2D eigenvalue weighted by molar-refractivity contribution is 6.30. The van der Waals surface area contributed by atoms with Crippen molar-refractivity contribution in [3.05, 3.63) is 23.5 Å². The molecule has 1 aromatic rings. The van der Waals surface area contributed by atoms with Gasteiger partial charge < -0.3 is 4.74 Å². The number of nitriles is 1. The van der Waals surface area contributed by atoms with Gasteiger partial charge in [0, 0.05) is 12.8 Å². The number of hydrogen-bond acceptors (Lipinski definition) is 3. The summed E-state index contributed by atoms with van der Waals surface area (Å²) in [6, 6.07) is 3.53. The fourth-order valence-electron chi connectivity index (χ4n) is 0.524. The summed E-state index contributed by atoms with van der Waals surface area (Å²) in [6.45, 7) is 3.50. The minimum Gasteiger partial charge on any atom is -0.494 e. The molecule has 0 fully saturated rings. The average molecular weight is 171 g/mol. The van der Waals surface area contributed by atoms with Crippen LogP contribution in [-0.2, 0) is 0 Å². The average Bonchev–Trinajstić information content (AvgIpc) is 2.09. The Bertz CT molecular complexity index is 237. The Labute approximate surface area is 70.2 Å². The highest BCUT2D eigenvalue weighted by atomic mass is 35.5. The van der Waals surface area contributed by atoms with Crippen LogP contribution in [0.5, 0.6) is 5.75 Å². The normalized spacial score (nSPS) is 7.64. The van der Waals surface area contributed by atoms with Crippen molar-refractivity contribution in [1.82, 2.24) is 4.98 Å². The molecule has 11 heavy (non-hydrogen) atoms. The van der Waals surface area contributed by atoms with Gasteiger partial charge in [-0.15, -0.1) is 0 Å². The van der Waals surface area contributed by atoms with E-state index in [9.17, 15) is 0 Å². The van der Waals surface area contributed by atoms with Crippen LogP contribution >= 0.6 is 11.6 Å². The Morgan fingerprint density at radius 1 is 1.64 bits per heavy atom. The molecule has 58 valence electrons. The van der Waals surface area contributed by atoms with Crippen molar-refractivity contribution in [3.8, 4) is 12.3 Å². The van der Waals surface area contributed by atoms with Gasteiger partial charge in [-0.25, -0.2) is 10.2 Å². The van der Waals surface area contributed by atoms with Gasteiger partial charge in [-0.2, -0.15) is 0 Å². The fraction of sp³-hybridized carbons (Fsp3) is 0.143. The van der Waals surface area contributed by atoms with E-state index < -0.39 is 0 Å². The SMILES string of the molecule is C#N.COc1cccnc1Cl. The maximum atomic E-state index is 6.50. The smallest absolute Gasteiger partial charge is 0.171 e. The van der Waals surface area contributed by atoms with E-state index >= 15 is 0 Å². The molecule has 0 radical (unpaired) electrons. The Balaban J connectivity index is 0.000000461. The van der Waals surface area contributed by atoms with Crippen LogP contribution in [0, 0.1) is 11.8 Å². The number of pyridine rings is 1. The minimum atomic E-state index is 0.403. The van der Waals surface area contributed by atoms with Crippen LogP contribution in [0.1, 0.15) is 0 Å². The number of nitrogens with zero attached hydrogens (tertiary/aromatic N) is 2. The molecule has 0 amide bonds. The topological polar surface area (TPSA) is 45.9 Å². The summed E-state index contributed by atoms with van der Waals surface area (Å²) in [5, 5.41) is 6.90. The van der Waals surface area contributed by atoms with Crippen LogP contribution in [-0.4, -0.2) is 12.1 Å². The second-order valence-corrected chi connectivity index (χ2v) is 1.85. The molecule has 0 aliphatic carbocycles. The molecule has 1 aromatic heterocycles. The fourth-order valence-corrected chi connectivity index (χ4v) is 0.720. The lowest BCUT2D eigenvalue weighted by Gasteiger charge is -1.97. The Kier molecular flexibility index (Phi) is 4.87. The van der Waals surface area contributed by atoms with Crippen molar-refractivity contribution in [3.63, 3.8) is 0 Å². The molecule has 0 saturated carbocycles. The van der Waals surface area contributed by atoms with Gasteiger partial charge in [-0.1, -0.05) is 11.6 Å². The molecule has 1 heterocycles. The molecule has 0 atom stereocenters. The first kappa shape index (κ1) is 9.73. The van der Waals surface area contributed by atoms with Gasteiger partial charge >= 0.3 is 0 Å². The zero-order valence-corrected chi connectivity index (χ0v) is 6.75. The second kappa shape index (κ2) is 5.51. The summed E-state index contributed by atoms with van der Waals surface area (Å²) in [7, 11) is 1.56. The molecule has 0 bridgehead atoms. The first-order valence-electron chi connectivity index (χ1n) is 2.75. The zero-order valence-electron chi connectivity index (χ0n) is 5.99. The largest absolute Gasteiger partial charge is 0.494 e. The summed E-state index contributed by atoms with van der Waals surface area (Å²) in [5.74, 6) is 0.610. The Morgan fingerprint density at radius 2 is 2.27 bits per heavy atom. The van der Waals surface area contributed by atoms with E-state index in [1.54, 1.807) is 25.4 Å². The second-order valence-electron chi connectivity index (χ2n) is 1.50. The van der Waals surface area contributed by atoms with Crippen molar-refractivity contribution in [1.29, 1.82) is 5.26 Å². The molecule has 0 spiro atoms. The molecule has 0 aliphatic heterocycles. The molecular weight excluding hydrogens is 164 g/mol. The highest BCUT2D eigenvalue weighted by Gasteiger charge is 1.95. The quantitative estimate of drug-likeness (QED) is 0.605. The van der Waals surface area contributed by atoms with Crippen LogP contribution in [0.25, 0.3) is 0 Å². The van der Waals surface area contributed by atoms with Gasteiger partial charge in [0.25, 0.3) is 0 Å². The van der Waals surface area contributed by atoms with E-state index in [4.69, 9.17) is 21.6 Å². The number of methoxy groups -OCH3 is 1. The van der Waals surface area contributed by atoms with Crippen molar-refractivity contribution in [2.75, 3.05) is 7.11 Å². The van der Waals surface area contributed by atoms with E-state index in [0.717, 1.165) is 0 Å². The number of hydrogen-bond donors (Lipinski definition) is 0. The molecule has 1 rings (SSSR count). The lowest BCUT2D eigenvalue weighted by atomic mass is 10.5. The van der Waals surface area contributed by atoms with Crippen molar-refractivity contribution in [2.24, 2.45) is 0 Å². The Hall–Kier alpha value is -1.27.